The van der Waals surface area contributed by atoms with Gasteiger partial charge in [0.15, 0.2) is 11.6 Å². The van der Waals surface area contributed by atoms with E-state index in [0.717, 1.165) is 18.2 Å². The van der Waals surface area contributed by atoms with Gasteiger partial charge >= 0.3 is 6.18 Å². The van der Waals surface area contributed by atoms with Crippen molar-refractivity contribution in [3.63, 3.8) is 0 Å². The van der Waals surface area contributed by atoms with Crippen molar-refractivity contribution in [3.8, 4) is 11.5 Å². The molecule has 220 valence electrons. The first-order valence-corrected chi connectivity index (χ1v) is 14.0. The van der Waals surface area contributed by atoms with E-state index < -0.39 is 57.7 Å². The van der Waals surface area contributed by atoms with Gasteiger partial charge in [-0.1, -0.05) is 46.1 Å². The van der Waals surface area contributed by atoms with Crippen LogP contribution in [0.15, 0.2) is 65.1 Å². The van der Waals surface area contributed by atoms with Crippen LogP contribution in [0.1, 0.15) is 82.8 Å². The minimum Gasteiger partial charge on any atom is -0.511 e. The highest BCUT2D eigenvalue weighted by Gasteiger charge is 2.55. The van der Waals surface area contributed by atoms with Gasteiger partial charge in [0, 0.05) is 11.5 Å². The molecule has 2 aliphatic carbocycles. The second kappa shape index (κ2) is 11.7. The minimum atomic E-state index is -4.75. The lowest BCUT2D eigenvalue weighted by Crippen LogP contribution is -2.41. The number of aliphatic hydroxyl groups is 2. The van der Waals surface area contributed by atoms with Gasteiger partial charge < -0.3 is 14.9 Å². The third-order valence-electron chi connectivity index (χ3n) is 7.93. The Labute approximate surface area is 236 Å². The Balaban J connectivity index is 1.68. The number of hydrogen-bond acceptors (Lipinski definition) is 5. The second-order valence-corrected chi connectivity index (χ2v) is 10.8. The second-order valence-electron chi connectivity index (χ2n) is 10.8. The van der Waals surface area contributed by atoms with Crippen LogP contribution in [0.4, 0.5) is 17.6 Å². The molecule has 2 unspecified atom stereocenters. The van der Waals surface area contributed by atoms with Gasteiger partial charge in [-0.05, 0) is 73.6 Å². The molecule has 0 heterocycles. The zero-order chi connectivity index (χ0) is 30.1. The monoisotopic (exact) mass is 574 g/mol. The van der Waals surface area contributed by atoms with E-state index >= 15 is 0 Å². The van der Waals surface area contributed by atoms with E-state index in [-0.39, 0.29) is 54.1 Å². The number of allylic oxidation sites excluding steroid dienone is 3. The summed E-state index contributed by atoms with van der Waals surface area (Å²) >= 11 is 0. The average molecular weight is 575 g/mol. The molecule has 0 bridgehead atoms. The van der Waals surface area contributed by atoms with Crippen LogP contribution < -0.4 is 4.74 Å². The Hall–Kier alpha value is -3.62. The van der Waals surface area contributed by atoms with E-state index in [9.17, 15) is 37.4 Å². The van der Waals surface area contributed by atoms with Crippen LogP contribution in [0.25, 0.3) is 0 Å². The molecule has 0 aliphatic heterocycles. The maximum atomic E-state index is 14.1. The molecule has 0 amide bonds. The largest absolute Gasteiger partial charge is 0.511 e. The Morgan fingerprint density at radius 3 is 2.15 bits per heavy atom. The number of rotatable bonds is 11. The minimum absolute atomic E-state index is 0.0809. The SMILES string of the molecule is CCCC1=C(O)C(CCC)(CCC)C(=O)C(C(=O)C2CC2c2ccc(Oc3ccc(F)cc3)cc2C(F)(F)F)=C1O. The summed E-state index contributed by atoms with van der Waals surface area (Å²) in [5.41, 5.74) is -2.67. The van der Waals surface area contributed by atoms with Crippen LogP contribution in [0, 0.1) is 17.2 Å². The van der Waals surface area contributed by atoms with E-state index in [4.69, 9.17) is 4.74 Å². The van der Waals surface area contributed by atoms with Gasteiger partial charge in [-0.2, -0.15) is 13.2 Å². The van der Waals surface area contributed by atoms with Crippen molar-refractivity contribution in [3.05, 3.63) is 82.1 Å². The first-order valence-electron chi connectivity index (χ1n) is 14.0. The van der Waals surface area contributed by atoms with Crippen molar-refractivity contribution in [2.75, 3.05) is 0 Å². The van der Waals surface area contributed by atoms with Gasteiger partial charge in [-0.3, -0.25) is 9.59 Å². The van der Waals surface area contributed by atoms with Crippen LogP contribution >= 0.6 is 0 Å². The lowest BCUT2D eigenvalue weighted by Gasteiger charge is -2.37. The third-order valence-corrected chi connectivity index (χ3v) is 7.93. The summed E-state index contributed by atoms with van der Waals surface area (Å²) in [6.45, 7) is 5.55. The summed E-state index contributed by atoms with van der Waals surface area (Å²) in [6, 6.07) is 8.29. The smallest absolute Gasteiger partial charge is 0.416 e. The Bertz CT molecular complexity index is 1380. The molecule has 0 spiro atoms. The molecule has 9 heteroatoms. The quantitative estimate of drug-likeness (QED) is 0.207. The van der Waals surface area contributed by atoms with Crippen molar-refractivity contribution >= 4 is 11.6 Å². The molecule has 0 saturated heterocycles. The summed E-state index contributed by atoms with van der Waals surface area (Å²) in [6.07, 6.45) is -2.22. The van der Waals surface area contributed by atoms with Crippen LogP contribution in [0.3, 0.4) is 0 Å². The van der Waals surface area contributed by atoms with Crippen molar-refractivity contribution < 1.29 is 42.1 Å². The van der Waals surface area contributed by atoms with Crippen molar-refractivity contribution in [1.82, 2.24) is 0 Å². The number of carbonyl (C=O) groups is 2. The zero-order valence-electron chi connectivity index (χ0n) is 23.3. The van der Waals surface area contributed by atoms with E-state index in [0.29, 0.717) is 19.3 Å². The molecule has 5 nitrogen and oxygen atoms in total. The van der Waals surface area contributed by atoms with E-state index in [2.05, 4.69) is 0 Å². The Morgan fingerprint density at radius 1 is 0.976 bits per heavy atom. The topological polar surface area (TPSA) is 83.8 Å². The molecule has 0 aromatic heterocycles. The molecule has 2 atom stereocenters. The van der Waals surface area contributed by atoms with Gasteiger partial charge in [0.2, 0.25) is 0 Å². The number of alkyl halides is 3. The molecule has 2 aromatic rings. The number of ketones is 2. The maximum absolute atomic E-state index is 14.1. The highest BCUT2D eigenvalue weighted by molar-refractivity contribution is 6.25. The number of aliphatic hydroxyl groups excluding tert-OH is 2. The summed E-state index contributed by atoms with van der Waals surface area (Å²) in [7, 11) is 0. The van der Waals surface area contributed by atoms with Crippen LogP contribution in [-0.2, 0) is 15.8 Å². The van der Waals surface area contributed by atoms with Gasteiger partial charge in [0.1, 0.15) is 34.4 Å². The van der Waals surface area contributed by atoms with E-state index in [1.165, 1.54) is 24.3 Å². The average Bonchev–Trinajstić information content (AvgIpc) is 3.72. The molecule has 2 N–H and O–H groups in total. The van der Waals surface area contributed by atoms with Gasteiger partial charge in [0.25, 0.3) is 0 Å². The van der Waals surface area contributed by atoms with Crippen LogP contribution in [-0.4, -0.2) is 21.8 Å². The summed E-state index contributed by atoms with van der Waals surface area (Å²) in [5, 5.41) is 22.2. The molecule has 1 fully saturated rings. The van der Waals surface area contributed by atoms with Crippen molar-refractivity contribution in [2.24, 2.45) is 11.3 Å². The zero-order valence-corrected chi connectivity index (χ0v) is 23.3. The molecule has 1 saturated carbocycles. The number of benzene rings is 2. The Kier molecular flexibility index (Phi) is 8.66. The summed E-state index contributed by atoms with van der Waals surface area (Å²) < 4.78 is 61.1. The molecule has 41 heavy (non-hydrogen) atoms. The van der Waals surface area contributed by atoms with Crippen LogP contribution in [0.2, 0.25) is 0 Å². The number of carbonyl (C=O) groups excluding carboxylic acids is 2. The summed E-state index contributed by atoms with van der Waals surface area (Å²) in [5.74, 6) is -4.32. The van der Waals surface area contributed by atoms with E-state index in [1.54, 1.807) is 0 Å². The summed E-state index contributed by atoms with van der Waals surface area (Å²) in [4.78, 5) is 27.6. The lowest BCUT2D eigenvalue weighted by molar-refractivity contribution is -0.138. The number of ether oxygens (including phenoxy) is 1. The number of hydrogen-bond donors (Lipinski definition) is 2. The van der Waals surface area contributed by atoms with Crippen molar-refractivity contribution in [1.29, 1.82) is 0 Å². The lowest BCUT2D eigenvalue weighted by atomic mass is 9.66. The molecular weight excluding hydrogens is 540 g/mol. The van der Waals surface area contributed by atoms with Crippen molar-refractivity contribution in [2.45, 2.75) is 77.8 Å². The van der Waals surface area contributed by atoms with E-state index in [1.807, 2.05) is 20.8 Å². The molecule has 2 aromatic carbocycles. The van der Waals surface area contributed by atoms with Gasteiger partial charge in [-0.25, -0.2) is 4.39 Å². The van der Waals surface area contributed by atoms with Gasteiger partial charge in [-0.15, -0.1) is 0 Å². The molecule has 2 aliphatic rings. The highest BCUT2D eigenvalue weighted by atomic mass is 19.4. The maximum Gasteiger partial charge on any atom is 0.416 e. The first-order chi connectivity index (χ1) is 19.4. The predicted molar refractivity (Wildman–Crippen MR) is 145 cm³/mol. The molecule has 0 radical (unpaired) electrons. The Morgan fingerprint density at radius 2 is 1.59 bits per heavy atom. The standard InChI is InChI=1S/C32H34F4O5/c1-4-7-22-27(37)26(30(40)31(14-5-2,15-6-3)29(22)39)28(38)24-17-23(24)21-13-12-20(16-25(21)32(34,35)36)41-19-10-8-18(33)9-11-19/h8-13,16,23-24,37,39H,4-7,14-15,17H2,1-3H3. The number of Topliss-reactive ketones (excluding diaryl/α,β-unsaturated/α-hetero) is 2. The fraction of sp³-hybridized carbons (Fsp3) is 0.438. The molecule has 4 rings (SSSR count). The fourth-order valence-electron chi connectivity index (χ4n) is 5.98. The van der Waals surface area contributed by atoms with Crippen LogP contribution in [0.5, 0.6) is 11.5 Å². The normalized spacial score (nSPS) is 20.4. The highest BCUT2D eigenvalue weighted by Crippen LogP contribution is 2.55. The third kappa shape index (κ3) is 5.76. The fourth-order valence-corrected chi connectivity index (χ4v) is 5.98. The molecular formula is C32H34F4O5. The van der Waals surface area contributed by atoms with Gasteiger partial charge in [0.05, 0.1) is 11.0 Å². The number of halogens is 4. The predicted octanol–water partition coefficient (Wildman–Crippen LogP) is 8.90. The first kappa shape index (κ1) is 30.3.